The summed E-state index contributed by atoms with van der Waals surface area (Å²) in [4.78, 5) is 15.8. The second-order valence-electron chi connectivity index (χ2n) is 5.14. The van der Waals surface area contributed by atoms with E-state index in [0.717, 1.165) is 0 Å². The number of ether oxygens (including phenoxy) is 1. The van der Waals surface area contributed by atoms with E-state index in [0.29, 0.717) is 6.61 Å². The molecule has 1 amide bonds. The number of hydrogen-bond acceptors (Lipinski definition) is 5. The van der Waals surface area contributed by atoms with E-state index >= 15 is 0 Å². The number of methoxy groups -OCH3 is 1. The molecular weight excluding hydrogens is 296 g/mol. The van der Waals surface area contributed by atoms with Gasteiger partial charge in [0.25, 0.3) is 10.0 Å². The minimum atomic E-state index is -3.68. The zero-order valence-electron chi connectivity index (χ0n) is 12.3. The molecule has 1 aromatic rings. The number of nitrogens with zero attached hydrogens (tertiary/aromatic N) is 3. The molecule has 0 bridgehead atoms. The first-order chi connectivity index (χ1) is 9.90. The molecule has 1 aliphatic rings. The van der Waals surface area contributed by atoms with Crippen LogP contribution in [0.2, 0.25) is 0 Å². The molecule has 1 aliphatic heterocycles. The van der Waals surface area contributed by atoms with Crippen LogP contribution in [0.1, 0.15) is 0 Å². The van der Waals surface area contributed by atoms with E-state index in [2.05, 4.69) is 10.3 Å². The quantitative estimate of drug-likeness (QED) is 0.756. The monoisotopic (exact) mass is 316 g/mol. The fourth-order valence-corrected chi connectivity index (χ4v) is 4.04. The first kappa shape index (κ1) is 15.9. The van der Waals surface area contributed by atoms with Gasteiger partial charge in [-0.05, 0) is 0 Å². The maximum Gasteiger partial charge on any atom is 0.262 e. The molecule has 1 fully saturated rings. The van der Waals surface area contributed by atoms with Crippen LogP contribution in [-0.2, 0) is 26.6 Å². The van der Waals surface area contributed by atoms with Gasteiger partial charge in [0.2, 0.25) is 5.91 Å². The number of amides is 1. The van der Waals surface area contributed by atoms with Gasteiger partial charge in [0, 0.05) is 46.4 Å². The summed E-state index contributed by atoms with van der Waals surface area (Å²) in [7, 11) is 1.11. The maximum absolute atomic E-state index is 12.5. The van der Waals surface area contributed by atoms with Gasteiger partial charge in [-0.25, -0.2) is 13.4 Å². The average Bonchev–Trinajstić information content (AvgIpc) is 3.05. The van der Waals surface area contributed by atoms with E-state index < -0.39 is 15.9 Å². The molecule has 1 N–H and O–H groups in total. The highest BCUT2D eigenvalue weighted by atomic mass is 32.2. The minimum absolute atomic E-state index is 0.00118. The van der Waals surface area contributed by atoms with E-state index in [-0.39, 0.29) is 29.9 Å². The van der Waals surface area contributed by atoms with Crippen molar-refractivity contribution in [3.8, 4) is 0 Å². The standard InChI is InChI=1S/C12H20N4O4S/c1-13-12(17)10-5-16(4-9(10)7-20-3)21(18,19)11-6-15(2)8-14-11/h6,8-10H,4-5,7H2,1-3H3,(H,13,17)/t9-,10+/m0/s1. The van der Waals surface area contributed by atoms with Crippen LogP contribution in [0.4, 0.5) is 0 Å². The first-order valence-corrected chi connectivity index (χ1v) is 8.02. The van der Waals surface area contributed by atoms with Crippen LogP contribution in [0.25, 0.3) is 0 Å². The van der Waals surface area contributed by atoms with Crippen molar-refractivity contribution in [2.75, 3.05) is 33.9 Å². The third kappa shape index (κ3) is 3.09. The highest BCUT2D eigenvalue weighted by Gasteiger charge is 2.43. The Morgan fingerprint density at radius 3 is 2.76 bits per heavy atom. The van der Waals surface area contributed by atoms with Crippen LogP contribution in [0, 0.1) is 11.8 Å². The van der Waals surface area contributed by atoms with Crippen LogP contribution in [0.5, 0.6) is 0 Å². The van der Waals surface area contributed by atoms with Crippen molar-refractivity contribution in [3.63, 3.8) is 0 Å². The Morgan fingerprint density at radius 2 is 2.24 bits per heavy atom. The molecule has 0 aromatic carbocycles. The van der Waals surface area contributed by atoms with Crippen molar-refractivity contribution in [3.05, 3.63) is 12.5 Å². The van der Waals surface area contributed by atoms with Gasteiger partial charge in [0.05, 0.1) is 18.9 Å². The first-order valence-electron chi connectivity index (χ1n) is 6.58. The number of imidazole rings is 1. The van der Waals surface area contributed by atoms with Gasteiger partial charge in [0.1, 0.15) is 0 Å². The molecule has 21 heavy (non-hydrogen) atoms. The molecule has 0 radical (unpaired) electrons. The van der Waals surface area contributed by atoms with E-state index in [1.54, 1.807) is 18.7 Å². The number of aryl methyl sites for hydroxylation is 1. The van der Waals surface area contributed by atoms with Gasteiger partial charge in [0.15, 0.2) is 5.03 Å². The number of hydrogen-bond donors (Lipinski definition) is 1. The predicted molar refractivity (Wildman–Crippen MR) is 74.9 cm³/mol. The normalized spacial score (nSPS) is 23.4. The number of sulfonamides is 1. The smallest absolute Gasteiger partial charge is 0.262 e. The maximum atomic E-state index is 12.5. The van der Waals surface area contributed by atoms with E-state index in [9.17, 15) is 13.2 Å². The Bertz CT molecular complexity index is 613. The lowest BCUT2D eigenvalue weighted by Crippen LogP contribution is -2.34. The van der Waals surface area contributed by atoms with E-state index in [4.69, 9.17) is 4.74 Å². The van der Waals surface area contributed by atoms with Gasteiger partial charge in [-0.15, -0.1) is 0 Å². The third-order valence-electron chi connectivity index (χ3n) is 3.66. The minimum Gasteiger partial charge on any atom is -0.384 e. The van der Waals surface area contributed by atoms with Crippen LogP contribution in [0.15, 0.2) is 17.6 Å². The van der Waals surface area contributed by atoms with Crippen molar-refractivity contribution >= 4 is 15.9 Å². The lowest BCUT2D eigenvalue weighted by Gasteiger charge is -2.15. The van der Waals surface area contributed by atoms with E-state index in [1.807, 2.05) is 0 Å². The Hall–Kier alpha value is -1.45. The topological polar surface area (TPSA) is 93.5 Å². The molecule has 8 nitrogen and oxygen atoms in total. The van der Waals surface area contributed by atoms with Crippen molar-refractivity contribution in [1.29, 1.82) is 0 Å². The summed E-state index contributed by atoms with van der Waals surface area (Å²) < 4.78 is 33.0. The molecule has 0 saturated carbocycles. The number of carbonyl (C=O) groups excluding carboxylic acids is 1. The number of rotatable bonds is 5. The molecule has 118 valence electrons. The van der Waals surface area contributed by atoms with Crippen LogP contribution >= 0.6 is 0 Å². The molecule has 0 spiro atoms. The fourth-order valence-electron chi connectivity index (χ4n) is 2.55. The summed E-state index contributed by atoms with van der Waals surface area (Å²) in [5, 5.41) is 2.57. The van der Waals surface area contributed by atoms with Gasteiger partial charge in [-0.1, -0.05) is 0 Å². The van der Waals surface area contributed by atoms with Crippen molar-refractivity contribution in [2.24, 2.45) is 18.9 Å². The van der Waals surface area contributed by atoms with Gasteiger partial charge >= 0.3 is 0 Å². The molecule has 9 heteroatoms. The van der Waals surface area contributed by atoms with E-state index in [1.165, 1.54) is 23.9 Å². The van der Waals surface area contributed by atoms with Gasteiger partial charge < -0.3 is 14.6 Å². The molecule has 0 unspecified atom stereocenters. The van der Waals surface area contributed by atoms with Crippen LogP contribution in [-0.4, -0.2) is 62.0 Å². The highest BCUT2D eigenvalue weighted by Crippen LogP contribution is 2.28. The Morgan fingerprint density at radius 1 is 1.52 bits per heavy atom. The molecule has 2 atom stereocenters. The highest BCUT2D eigenvalue weighted by molar-refractivity contribution is 7.89. The fraction of sp³-hybridized carbons (Fsp3) is 0.667. The molecule has 1 saturated heterocycles. The summed E-state index contributed by atoms with van der Waals surface area (Å²) in [6.45, 7) is 0.740. The number of nitrogens with one attached hydrogen (secondary N) is 1. The number of aromatic nitrogens is 2. The Balaban J connectivity index is 2.23. The second kappa shape index (κ2) is 6.12. The average molecular weight is 316 g/mol. The zero-order valence-corrected chi connectivity index (χ0v) is 13.1. The van der Waals surface area contributed by atoms with Gasteiger partial charge in [-0.3, -0.25) is 4.79 Å². The summed E-state index contributed by atoms with van der Waals surface area (Å²) in [6.07, 6.45) is 2.89. The Kier molecular flexibility index (Phi) is 4.64. The van der Waals surface area contributed by atoms with Crippen molar-refractivity contribution in [1.82, 2.24) is 19.2 Å². The lowest BCUT2D eigenvalue weighted by atomic mass is 9.96. The molecule has 1 aromatic heterocycles. The largest absolute Gasteiger partial charge is 0.384 e. The second-order valence-corrected chi connectivity index (χ2v) is 7.02. The SMILES string of the molecule is CNC(=O)[C@@H]1CN(S(=O)(=O)c2cn(C)cn2)C[C@H]1COC. The molecule has 2 heterocycles. The predicted octanol–water partition coefficient (Wildman–Crippen LogP) is -0.951. The summed E-state index contributed by atoms with van der Waals surface area (Å²) in [5.41, 5.74) is 0. The molecule has 2 rings (SSSR count). The Labute approximate surface area is 124 Å². The summed E-state index contributed by atoms with van der Waals surface area (Å²) >= 11 is 0. The van der Waals surface area contributed by atoms with Crippen LogP contribution < -0.4 is 5.32 Å². The third-order valence-corrected chi connectivity index (χ3v) is 5.37. The van der Waals surface area contributed by atoms with Crippen molar-refractivity contribution < 1.29 is 17.9 Å². The van der Waals surface area contributed by atoms with Crippen molar-refractivity contribution in [2.45, 2.75) is 5.03 Å². The number of carbonyl (C=O) groups is 1. The van der Waals surface area contributed by atoms with Gasteiger partial charge in [-0.2, -0.15) is 4.31 Å². The summed E-state index contributed by atoms with van der Waals surface area (Å²) in [5.74, 6) is -0.738. The zero-order chi connectivity index (χ0) is 15.6. The molecular formula is C12H20N4O4S. The lowest BCUT2D eigenvalue weighted by molar-refractivity contribution is -0.125. The molecule has 0 aliphatic carbocycles. The van der Waals surface area contributed by atoms with Crippen LogP contribution in [0.3, 0.4) is 0 Å². The summed E-state index contributed by atoms with van der Waals surface area (Å²) in [6, 6.07) is 0.